The number of nitrogens with one attached hydrogen (secondary N) is 1. The molecule has 0 saturated carbocycles. The summed E-state index contributed by atoms with van der Waals surface area (Å²) >= 11 is 0. The molecule has 1 heterocycles. The molecule has 1 saturated heterocycles. The van der Waals surface area contributed by atoms with Crippen molar-refractivity contribution in [1.29, 1.82) is 0 Å². The van der Waals surface area contributed by atoms with E-state index >= 15 is 0 Å². The minimum absolute atomic E-state index is 0.269. The summed E-state index contributed by atoms with van der Waals surface area (Å²) in [6, 6.07) is -0.981. The standard InChI is InChI=1S/C42H83NO9/c1-3-5-6-7-8-9-10-11-12-13-14-15-16-17-18-19-20-21-22-23-24-25-26-27-28-29-31-37(46)43-34(38(47)35(45)30-4-2)33-51-42-41(50)40(49)39(48)36(32-44)52-42/h34-36,38-42,44-45,47-50H,3-33H2,1-2H3,(H,43,46)/t34-,35+,36+,38-,39-,40-,41+,42-/m0/s1. The largest absolute Gasteiger partial charge is 0.394 e. The van der Waals surface area contributed by atoms with Crippen LogP contribution in [0.4, 0.5) is 0 Å². The smallest absolute Gasteiger partial charge is 0.220 e. The number of aliphatic hydroxyl groups is 6. The van der Waals surface area contributed by atoms with E-state index in [4.69, 9.17) is 9.47 Å². The first-order valence-corrected chi connectivity index (χ1v) is 21.8. The van der Waals surface area contributed by atoms with Gasteiger partial charge in [0.15, 0.2) is 6.29 Å². The Morgan fingerprint density at radius 3 is 1.38 bits per heavy atom. The van der Waals surface area contributed by atoms with Gasteiger partial charge in [-0.15, -0.1) is 0 Å². The van der Waals surface area contributed by atoms with E-state index in [0.29, 0.717) is 12.8 Å². The summed E-state index contributed by atoms with van der Waals surface area (Å²) in [7, 11) is 0. The second kappa shape index (κ2) is 33.5. The summed E-state index contributed by atoms with van der Waals surface area (Å²) in [5.41, 5.74) is 0. The van der Waals surface area contributed by atoms with Gasteiger partial charge in [0.1, 0.15) is 30.5 Å². The van der Waals surface area contributed by atoms with Crippen LogP contribution < -0.4 is 5.32 Å². The van der Waals surface area contributed by atoms with Crippen molar-refractivity contribution in [3.63, 3.8) is 0 Å². The Kier molecular flexibility index (Phi) is 31.7. The van der Waals surface area contributed by atoms with Gasteiger partial charge < -0.3 is 45.4 Å². The highest BCUT2D eigenvalue weighted by Gasteiger charge is 2.44. The molecule has 0 radical (unpaired) electrons. The van der Waals surface area contributed by atoms with E-state index < -0.39 is 55.6 Å². The van der Waals surface area contributed by atoms with Crippen molar-refractivity contribution in [2.45, 2.75) is 249 Å². The molecule has 10 nitrogen and oxygen atoms in total. The summed E-state index contributed by atoms with van der Waals surface area (Å²) < 4.78 is 10.9. The van der Waals surface area contributed by atoms with E-state index in [1.54, 1.807) is 0 Å². The fraction of sp³-hybridized carbons (Fsp3) is 0.976. The molecule has 7 N–H and O–H groups in total. The van der Waals surface area contributed by atoms with Crippen LogP contribution in [0.1, 0.15) is 200 Å². The van der Waals surface area contributed by atoms with E-state index in [2.05, 4.69) is 12.2 Å². The van der Waals surface area contributed by atoms with Crippen molar-refractivity contribution < 1.29 is 44.9 Å². The van der Waals surface area contributed by atoms with Crippen molar-refractivity contribution in [1.82, 2.24) is 5.32 Å². The number of carbonyl (C=O) groups excluding carboxylic acids is 1. The van der Waals surface area contributed by atoms with E-state index in [1.165, 1.54) is 141 Å². The first-order valence-electron chi connectivity index (χ1n) is 21.8. The third kappa shape index (κ3) is 23.8. The lowest BCUT2D eigenvalue weighted by atomic mass is 9.99. The summed E-state index contributed by atoms with van der Waals surface area (Å²) in [5, 5.41) is 63.6. The number of aliphatic hydroxyl groups excluding tert-OH is 6. The van der Waals surface area contributed by atoms with Gasteiger partial charge in [0.25, 0.3) is 0 Å². The third-order valence-corrected chi connectivity index (χ3v) is 10.8. The van der Waals surface area contributed by atoms with Crippen molar-refractivity contribution in [2.24, 2.45) is 0 Å². The van der Waals surface area contributed by atoms with Gasteiger partial charge in [0, 0.05) is 6.42 Å². The van der Waals surface area contributed by atoms with Crippen LogP contribution >= 0.6 is 0 Å². The molecule has 0 bridgehead atoms. The molecule has 1 rings (SSSR count). The van der Waals surface area contributed by atoms with Crippen LogP contribution in [0.3, 0.4) is 0 Å². The second-order valence-corrected chi connectivity index (χ2v) is 15.6. The van der Waals surface area contributed by atoms with Gasteiger partial charge in [-0.3, -0.25) is 4.79 Å². The molecule has 1 aliphatic heterocycles. The lowest BCUT2D eigenvalue weighted by Gasteiger charge is -2.40. The van der Waals surface area contributed by atoms with Gasteiger partial charge in [-0.25, -0.2) is 0 Å². The number of ether oxygens (including phenoxy) is 2. The summed E-state index contributed by atoms with van der Waals surface area (Å²) in [6.45, 7) is 3.25. The van der Waals surface area contributed by atoms with Crippen LogP contribution in [0, 0.1) is 0 Å². The summed E-state index contributed by atoms with van der Waals surface area (Å²) in [6.07, 6.45) is 26.1. The molecule has 0 aromatic heterocycles. The monoisotopic (exact) mass is 746 g/mol. The zero-order valence-corrected chi connectivity index (χ0v) is 33.4. The van der Waals surface area contributed by atoms with E-state index in [-0.39, 0.29) is 18.9 Å². The van der Waals surface area contributed by atoms with E-state index in [0.717, 1.165) is 25.7 Å². The minimum atomic E-state index is -1.60. The number of carbonyl (C=O) groups is 1. The van der Waals surface area contributed by atoms with Crippen LogP contribution in [0.2, 0.25) is 0 Å². The topological polar surface area (TPSA) is 169 Å². The first kappa shape index (κ1) is 49.2. The number of hydrogen-bond donors (Lipinski definition) is 7. The van der Waals surface area contributed by atoms with Gasteiger partial charge in [0.05, 0.1) is 25.4 Å². The van der Waals surface area contributed by atoms with Gasteiger partial charge in [-0.1, -0.05) is 181 Å². The number of rotatable bonds is 36. The molecule has 1 fully saturated rings. The quantitative estimate of drug-likeness (QED) is 0.0324. The molecule has 0 aromatic rings. The van der Waals surface area contributed by atoms with Crippen molar-refractivity contribution >= 4 is 5.91 Å². The highest BCUT2D eigenvalue weighted by atomic mass is 16.7. The molecule has 52 heavy (non-hydrogen) atoms. The Bertz CT molecular complexity index is 803. The highest BCUT2D eigenvalue weighted by molar-refractivity contribution is 5.76. The fourth-order valence-electron chi connectivity index (χ4n) is 7.24. The maximum Gasteiger partial charge on any atom is 0.220 e. The molecule has 310 valence electrons. The summed E-state index contributed by atoms with van der Waals surface area (Å²) in [5.74, 6) is -0.269. The summed E-state index contributed by atoms with van der Waals surface area (Å²) in [4.78, 5) is 12.7. The molecule has 0 aliphatic carbocycles. The highest BCUT2D eigenvalue weighted by Crippen LogP contribution is 2.23. The molecule has 0 aromatic carbocycles. The molecule has 1 amide bonds. The Hall–Kier alpha value is -0.850. The zero-order chi connectivity index (χ0) is 38.2. The zero-order valence-electron chi connectivity index (χ0n) is 33.4. The molecule has 0 unspecified atom stereocenters. The number of amides is 1. The lowest BCUT2D eigenvalue weighted by molar-refractivity contribution is -0.303. The van der Waals surface area contributed by atoms with Crippen LogP contribution in [0.25, 0.3) is 0 Å². The van der Waals surface area contributed by atoms with Gasteiger partial charge in [0.2, 0.25) is 5.91 Å². The predicted molar refractivity (Wildman–Crippen MR) is 209 cm³/mol. The Morgan fingerprint density at radius 1 is 0.596 bits per heavy atom. The number of unbranched alkanes of at least 4 members (excludes halogenated alkanes) is 25. The normalized spacial score (nSPS) is 22.3. The van der Waals surface area contributed by atoms with Gasteiger partial charge >= 0.3 is 0 Å². The molecule has 0 spiro atoms. The minimum Gasteiger partial charge on any atom is -0.394 e. The van der Waals surface area contributed by atoms with Crippen LogP contribution in [-0.2, 0) is 14.3 Å². The first-order chi connectivity index (χ1) is 25.3. The van der Waals surface area contributed by atoms with Crippen LogP contribution in [-0.4, -0.2) is 98.7 Å². The maximum absolute atomic E-state index is 12.7. The Labute approximate surface area is 317 Å². The molecule has 1 aliphatic rings. The average molecular weight is 746 g/mol. The SMILES string of the molecule is CCCCCCCCCCCCCCCCCCCCCCCCCCCCC(=O)N[C@@H](CO[C@H]1O[C@H](CO)[C@H](O)[C@H](O)[C@H]1O)[C@H](O)[C@H](O)CCC. The molecule has 10 heteroatoms. The lowest BCUT2D eigenvalue weighted by Crippen LogP contribution is -2.60. The van der Waals surface area contributed by atoms with Crippen molar-refractivity contribution in [3.05, 3.63) is 0 Å². The van der Waals surface area contributed by atoms with E-state index in [9.17, 15) is 35.4 Å². The molecular weight excluding hydrogens is 662 g/mol. The van der Waals surface area contributed by atoms with Crippen LogP contribution in [0.15, 0.2) is 0 Å². The Balaban J connectivity index is 2.04. The van der Waals surface area contributed by atoms with Crippen molar-refractivity contribution in [2.75, 3.05) is 13.2 Å². The van der Waals surface area contributed by atoms with Gasteiger partial charge in [-0.05, 0) is 12.8 Å². The average Bonchev–Trinajstić information content (AvgIpc) is 3.14. The Morgan fingerprint density at radius 2 is 1.00 bits per heavy atom. The molecule has 8 atom stereocenters. The third-order valence-electron chi connectivity index (χ3n) is 10.8. The number of hydrogen-bond acceptors (Lipinski definition) is 9. The fourth-order valence-corrected chi connectivity index (χ4v) is 7.24. The van der Waals surface area contributed by atoms with Crippen LogP contribution in [0.5, 0.6) is 0 Å². The van der Waals surface area contributed by atoms with E-state index in [1.807, 2.05) is 6.92 Å². The van der Waals surface area contributed by atoms with Crippen molar-refractivity contribution in [3.8, 4) is 0 Å². The predicted octanol–water partition coefficient (Wildman–Crippen LogP) is 7.36. The second-order valence-electron chi connectivity index (χ2n) is 15.6. The molecular formula is C42H83NO9. The maximum atomic E-state index is 12.7. The van der Waals surface area contributed by atoms with Gasteiger partial charge in [-0.2, -0.15) is 0 Å².